The summed E-state index contributed by atoms with van der Waals surface area (Å²) in [5.41, 5.74) is 1.60. The molecule has 1 aromatic carbocycles. The molecule has 1 fully saturated rings. The zero-order chi connectivity index (χ0) is 11.8. The van der Waals surface area contributed by atoms with E-state index in [0.717, 1.165) is 36.2 Å². The minimum atomic E-state index is 0.0893. The third kappa shape index (κ3) is 1.65. The van der Waals surface area contributed by atoms with E-state index in [9.17, 15) is 4.79 Å². The monoisotopic (exact) mass is 230 g/mol. The fourth-order valence-electron chi connectivity index (χ4n) is 2.04. The minimum absolute atomic E-state index is 0.0893. The highest BCUT2D eigenvalue weighted by Gasteiger charge is 2.22. The summed E-state index contributed by atoms with van der Waals surface area (Å²) in [4.78, 5) is 17.0. The van der Waals surface area contributed by atoms with Crippen LogP contribution in [0.15, 0.2) is 24.3 Å². The van der Waals surface area contributed by atoms with Crippen LogP contribution >= 0.6 is 0 Å². The molecule has 1 amide bonds. The van der Waals surface area contributed by atoms with Crippen LogP contribution in [0, 0.1) is 0 Å². The topological polar surface area (TPSA) is 45.3 Å². The van der Waals surface area contributed by atoms with Crippen LogP contribution < -0.4 is 4.74 Å². The number of rotatable bonds is 2. The van der Waals surface area contributed by atoms with Crippen LogP contribution in [0.5, 0.6) is 5.75 Å². The molecule has 0 radical (unpaired) electrons. The van der Waals surface area contributed by atoms with Crippen LogP contribution in [0.25, 0.3) is 10.9 Å². The first-order valence-electron chi connectivity index (χ1n) is 5.74. The van der Waals surface area contributed by atoms with Gasteiger partial charge in [0.15, 0.2) is 0 Å². The molecular weight excluding hydrogens is 216 g/mol. The standard InChI is InChI=1S/C13H14N2O2/c1-17-10-4-3-9-7-12(14-11(9)8-10)13(16)15-5-2-6-15/h3-4,7-8,14H,2,5-6H2,1H3. The number of nitrogens with zero attached hydrogens (tertiary/aromatic N) is 1. The molecule has 1 N–H and O–H groups in total. The van der Waals surface area contributed by atoms with Gasteiger partial charge in [0.05, 0.1) is 7.11 Å². The number of aromatic amines is 1. The van der Waals surface area contributed by atoms with Gasteiger partial charge >= 0.3 is 0 Å². The van der Waals surface area contributed by atoms with Gasteiger partial charge in [-0.15, -0.1) is 0 Å². The number of hydrogen-bond acceptors (Lipinski definition) is 2. The molecule has 0 saturated carbocycles. The van der Waals surface area contributed by atoms with E-state index in [1.807, 2.05) is 29.2 Å². The summed E-state index contributed by atoms with van der Waals surface area (Å²) in [5.74, 6) is 0.883. The molecule has 2 aromatic rings. The van der Waals surface area contributed by atoms with E-state index in [1.54, 1.807) is 7.11 Å². The third-order valence-electron chi connectivity index (χ3n) is 3.20. The Hall–Kier alpha value is -1.97. The molecule has 1 aromatic heterocycles. The van der Waals surface area contributed by atoms with Crippen molar-refractivity contribution in [3.63, 3.8) is 0 Å². The van der Waals surface area contributed by atoms with E-state index < -0.39 is 0 Å². The Morgan fingerprint density at radius 3 is 2.82 bits per heavy atom. The molecule has 0 atom stereocenters. The number of aromatic nitrogens is 1. The first-order valence-corrected chi connectivity index (χ1v) is 5.74. The van der Waals surface area contributed by atoms with Gasteiger partial charge in [0.2, 0.25) is 0 Å². The highest BCUT2D eigenvalue weighted by atomic mass is 16.5. The van der Waals surface area contributed by atoms with Crippen LogP contribution in [0.1, 0.15) is 16.9 Å². The molecule has 17 heavy (non-hydrogen) atoms. The van der Waals surface area contributed by atoms with Crippen molar-refractivity contribution in [3.05, 3.63) is 30.0 Å². The molecule has 0 unspecified atom stereocenters. The molecule has 3 rings (SSSR count). The van der Waals surface area contributed by atoms with Crippen molar-refractivity contribution in [1.29, 1.82) is 0 Å². The Labute approximate surface area is 99.2 Å². The van der Waals surface area contributed by atoms with Crippen molar-refractivity contribution in [3.8, 4) is 5.75 Å². The maximum atomic E-state index is 12.0. The van der Waals surface area contributed by atoms with Gasteiger partial charge in [-0.2, -0.15) is 0 Å². The molecule has 1 aliphatic heterocycles. The number of H-pyrrole nitrogens is 1. The molecule has 0 aliphatic carbocycles. The van der Waals surface area contributed by atoms with Gasteiger partial charge in [0, 0.05) is 30.1 Å². The maximum absolute atomic E-state index is 12.0. The summed E-state index contributed by atoms with van der Waals surface area (Å²) in [6, 6.07) is 7.66. The highest BCUT2D eigenvalue weighted by molar-refractivity contribution is 5.98. The quantitative estimate of drug-likeness (QED) is 0.857. The van der Waals surface area contributed by atoms with E-state index in [1.165, 1.54) is 0 Å². The van der Waals surface area contributed by atoms with Crippen molar-refractivity contribution >= 4 is 16.8 Å². The van der Waals surface area contributed by atoms with E-state index in [-0.39, 0.29) is 5.91 Å². The summed E-state index contributed by atoms with van der Waals surface area (Å²) in [7, 11) is 1.64. The third-order valence-corrected chi connectivity index (χ3v) is 3.20. The molecule has 88 valence electrons. The summed E-state index contributed by atoms with van der Waals surface area (Å²) in [6.45, 7) is 1.75. The second-order valence-electron chi connectivity index (χ2n) is 4.28. The number of fused-ring (bicyclic) bond motifs is 1. The second-order valence-corrected chi connectivity index (χ2v) is 4.28. The van der Waals surface area contributed by atoms with Gasteiger partial charge in [-0.25, -0.2) is 0 Å². The summed E-state index contributed by atoms with van der Waals surface area (Å²) in [6.07, 6.45) is 1.11. The first kappa shape index (κ1) is 10.2. The normalized spacial score (nSPS) is 14.8. The lowest BCUT2D eigenvalue weighted by atomic mass is 10.2. The number of benzene rings is 1. The summed E-state index contributed by atoms with van der Waals surface area (Å²) >= 11 is 0. The highest BCUT2D eigenvalue weighted by Crippen LogP contribution is 2.22. The van der Waals surface area contributed by atoms with Gasteiger partial charge in [-0.1, -0.05) is 0 Å². The molecule has 1 aliphatic rings. The van der Waals surface area contributed by atoms with Gasteiger partial charge < -0.3 is 14.6 Å². The van der Waals surface area contributed by atoms with Crippen LogP contribution in [-0.4, -0.2) is 36.0 Å². The molecule has 2 heterocycles. The van der Waals surface area contributed by atoms with Gasteiger partial charge in [-0.3, -0.25) is 4.79 Å². The largest absolute Gasteiger partial charge is 0.497 e. The Balaban J connectivity index is 1.98. The smallest absolute Gasteiger partial charge is 0.270 e. The maximum Gasteiger partial charge on any atom is 0.270 e. The molecule has 4 nitrogen and oxygen atoms in total. The number of likely N-dealkylation sites (tertiary alicyclic amines) is 1. The summed E-state index contributed by atoms with van der Waals surface area (Å²) in [5, 5.41) is 1.04. The lowest BCUT2D eigenvalue weighted by Crippen LogP contribution is -2.42. The molecular formula is C13H14N2O2. The predicted molar refractivity (Wildman–Crippen MR) is 65.4 cm³/mol. The molecule has 0 bridgehead atoms. The van der Waals surface area contributed by atoms with E-state index in [2.05, 4.69) is 4.98 Å². The Bertz CT molecular complexity index is 570. The van der Waals surface area contributed by atoms with Crippen molar-refractivity contribution in [2.45, 2.75) is 6.42 Å². The van der Waals surface area contributed by atoms with Crippen molar-refractivity contribution in [1.82, 2.24) is 9.88 Å². The van der Waals surface area contributed by atoms with Crippen LogP contribution in [0.4, 0.5) is 0 Å². The fourth-order valence-corrected chi connectivity index (χ4v) is 2.04. The Morgan fingerprint density at radius 2 is 2.18 bits per heavy atom. The SMILES string of the molecule is COc1ccc2cc(C(=O)N3CCC3)[nH]c2c1. The number of amides is 1. The molecule has 4 heteroatoms. The predicted octanol–water partition coefficient (Wildman–Crippen LogP) is 2.02. The molecule has 1 saturated heterocycles. The number of methoxy groups -OCH3 is 1. The lowest BCUT2D eigenvalue weighted by Gasteiger charge is -2.30. The minimum Gasteiger partial charge on any atom is -0.497 e. The molecule has 0 spiro atoms. The van der Waals surface area contributed by atoms with Crippen molar-refractivity contribution < 1.29 is 9.53 Å². The van der Waals surface area contributed by atoms with E-state index >= 15 is 0 Å². The average molecular weight is 230 g/mol. The summed E-state index contributed by atoms with van der Waals surface area (Å²) < 4.78 is 5.16. The van der Waals surface area contributed by atoms with Crippen molar-refractivity contribution in [2.75, 3.05) is 20.2 Å². The second kappa shape index (κ2) is 3.80. The van der Waals surface area contributed by atoms with Crippen LogP contribution in [0.3, 0.4) is 0 Å². The lowest BCUT2D eigenvalue weighted by molar-refractivity contribution is 0.0646. The fraction of sp³-hybridized carbons (Fsp3) is 0.308. The number of carbonyl (C=O) groups excluding carboxylic acids is 1. The van der Waals surface area contributed by atoms with Crippen molar-refractivity contribution in [2.24, 2.45) is 0 Å². The zero-order valence-electron chi connectivity index (χ0n) is 9.69. The number of hydrogen-bond donors (Lipinski definition) is 1. The van der Waals surface area contributed by atoms with Crippen LogP contribution in [-0.2, 0) is 0 Å². The first-order chi connectivity index (χ1) is 8.28. The van der Waals surface area contributed by atoms with Crippen LogP contribution in [0.2, 0.25) is 0 Å². The van der Waals surface area contributed by atoms with Gasteiger partial charge in [-0.05, 0) is 24.6 Å². The number of carbonyl (C=O) groups is 1. The van der Waals surface area contributed by atoms with Gasteiger partial charge in [0.1, 0.15) is 11.4 Å². The Kier molecular flexibility index (Phi) is 2.28. The number of ether oxygens (including phenoxy) is 1. The number of nitrogens with one attached hydrogen (secondary N) is 1. The Morgan fingerprint density at radius 1 is 1.35 bits per heavy atom. The van der Waals surface area contributed by atoms with Gasteiger partial charge in [0.25, 0.3) is 5.91 Å². The van der Waals surface area contributed by atoms with E-state index in [4.69, 9.17) is 4.74 Å². The van der Waals surface area contributed by atoms with E-state index in [0.29, 0.717) is 5.69 Å². The average Bonchev–Trinajstić information content (AvgIpc) is 2.68. The zero-order valence-corrected chi connectivity index (χ0v) is 9.69.